The van der Waals surface area contributed by atoms with Gasteiger partial charge in [-0.05, 0) is 71.5 Å². The van der Waals surface area contributed by atoms with Crippen LogP contribution in [0.5, 0.6) is 0 Å². The molecule has 0 saturated heterocycles. The summed E-state index contributed by atoms with van der Waals surface area (Å²) < 4.78 is 2.19. The van der Waals surface area contributed by atoms with E-state index in [1.165, 1.54) is 16.9 Å². The first-order chi connectivity index (χ1) is 9.61. The maximum absolute atomic E-state index is 12.1. The number of carbonyl (C=O) groups excluding carboxylic acids is 1. The summed E-state index contributed by atoms with van der Waals surface area (Å²) in [5.74, 6) is -0.128. The molecule has 0 fully saturated rings. The van der Waals surface area contributed by atoms with Crippen LogP contribution in [0.25, 0.3) is 10.2 Å². The second-order valence-corrected chi connectivity index (χ2v) is 6.73. The number of hydrogen-bond acceptors (Lipinski definition) is 3. The molecular formula is C15H11IN2OS. The summed E-state index contributed by atoms with van der Waals surface area (Å²) in [5, 5.41) is 3.49. The highest BCUT2D eigenvalue weighted by Crippen LogP contribution is 2.27. The third-order valence-corrected chi connectivity index (χ3v) is 4.52. The van der Waals surface area contributed by atoms with Crippen molar-refractivity contribution in [2.24, 2.45) is 0 Å². The maximum Gasteiger partial charge on any atom is 0.257 e. The quantitative estimate of drug-likeness (QED) is 0.652. The Kier molecular flexibility index (Phi) is 3.71. The number of benzene rings is 2. The fraction of sp³-hybridized carbons (Fsp3) is 0.0667. The summed E-state index contributed by atoms with van der Waals surface area (Å²) >= 11 is 3.71. The number of aryl methyl sites for hydroxylation is 1. The molecule has 1 amide bonds. The maximum atomic E-state index is 12.1. The minimum absolute atomic E-state index is 0.128. The number of thiazole rings is 1. The lowest BCUT2D eigenvalue weighted by Gasteiger charge is -2.01. The molecule has 0 aliphatic carbocycles. The summed E-state index contributed by atoms with van der Waals surface area (Å²) in [6, 6.07) is 13.5. The van der Waals surface area contributed by atoms with Gasteiger partial charge in [0.1, 0.15) is 0 Å². The summed E-state index contributed by atoms with van der Waals surface area (Å²) in [6.45, 7) is 2.04. The van der Waals surface area contributed by atoms with Crippen molar-refractivity contribution in [3.63, 3.8) is 0 Å². The Bertz CT molecular complexity index is 780. The van der Waals surface area contributed by atoms with Crippen LogP contribution in [-0.2, 0) is 0 Å². The fourth-order valence-electron chi connectivity index (χ4n) is 1.86. The lowest BCUT2D eigenvalue weighted by molar-refractivity contribution is 0.102. The molecule has 2 aromatic carbocycles. The zero-order valence-corrected chi connectivity index (χ0v) is 13.7. The van der Waals surface area contributed by atoms with Gasteiger partial charge < -0.3 is 0 Å². The van der Waals surface area contributed by atoms with Gasteiger partial charge in [0.2, 0.25) is 0 Å². The highest BCUT2D eigenvalue weighted by Gasteiger charge is 2.09. The largest absolute Gasteiger partial charge is 0.298 e. The fourth-order valence-corrected chi connectivity index (χ4v) is 3.17. The number of halogens is 1. The number of anilines is 1. The van der Waals surface area contributed by atoms with Crippen molar-refractivity contribution in [3.05, 3.63) is 57.2 Å². The van der Waals surface area contributed by atoms with Crippen LogP contribution in [0.1, 0.15) is 15.9 Å². The standard InChI is InChI=1S/C15H11IN2OS/c1-9-2-7-12-13(8-9)20-15(17-12)18-14(19)10-3-5-11(16)6-4-10/h2-8H,1H3,(H,17,18,19). The van der Waals surface area contributed by atoms with Crippen LogP contribution < -0.4 is 5.32 Å². The third kappa shape index (κ3) is 2.83. The lowest BCUT2D eigenvalue weighted by atomic mass is 10.2. The van der Waals surface area contributed by atoms with E-state index in [0.29, 0.717) is 10.7 Å². The average Bonchev–Trinajstić information content (AvgIpc) is 2.80. The Labute approximate surface area is 134 Å². The predicted octanol–water partition coefficient (Wildman–Crippen LogP) is 4.46. The first-order valence-electron chi connectivity index (χ1n) is 6.06. The Morgan fingerprint density at radius 2 is 1.95 bits per heavy atom. The van der Waals surface area contributed by atoms with Gasteiger partial charge in [-0.2, -0.15) is 0 Å². The molecule has 0 aliphatic rings. The highest BCUT2D eigenvalue weighted by molar-refractivity contribution is 14.1. The van der Waals surface area contributed by atoms with Crippen molar-refractivity contribution in [1.29, 1.82) is 0 Å². The van der Waals surface area contributed by atoms with Crippen LogP contribution in [0.15, 0.2) is 42.5 Å². The minimum atomic E-state index is -0.128. The number of hydrogen-bond donors (Lipinski definition) is 1. The first-order valence-corrected chi connectivity index (χ1v) is 7.95. The molecule has 1 N–H and O–H groups in total. The number of amides is 1. The number of fused-ring (bicyclic) bond motifs is 1. The monoisotopic (exact) mass is 394 g/mol. The van der Waals surface area contributed by atoms with E-state index in [4.69, 9.17) is 0 Å². The minimum Gasteiger partial charge on any atom is -0.298 e. The molecule has 0 spiro atoms. The van der Waals surface area contributed by atoms with Crippen LogP contribution in [0.3, 0.4) is 0 Å². The van der Waals surface area contributed by atoms with Gasteiger partial charge in [0.15, 0.2) is 5.13 Å². The molecule has 0 radical (unpaired) electrons. The van der Waals surface area contributed by atoms with Crippen molar-refractivity contribution in [2.75, 3.05) is 5.32 Å². The number of rotatable bonds is 2. The van der Waals surface area contributed by atoms with Gasteiger partial charge in [0, 0.05) is 9.13 Å². The molecule has 0 saturated carbocycles. The van der Waals surface area contributed by atoms with Crippen LogP contribution in [0, 0.1) is 10.5 Å². The molecule has 0 unspecified atom stereocenters. The molecular weight excluding hydrogens is 383 g/mol. The predicted molar refractivity (Wildman–Crippen MR) is 91.5 cm³/mol. The SMILES string of the molecule is Cc1ccc2nc(NC(=O)c3ccc(I)cc3)sc2c1. The molecule has 20 heavy (non-hydrogen) atoms. The van der Waals surface area contributed by atoms with Crippen LogP contribution >= 0.6 is 33.9 Å². The van der Waals surface area contributed by atoms with Crippen LogP contribution in [0.2, 0.25) is 0 Å². The van der Waals surface area contributed by atoms with E-state index in [2.05, 4.69) is 39.0 Å². The van der Waals surface area contributed by atoms with Gasteiger partial charge in [0.25, 0.3) is 5.91 Å². The smallest absolute Gasteiger partial charge is 0.257 e. The number of carbonyl (C=O) groups is 1. The molecule has 1 aromatic heterocycles. The number of nitrogens with one attached hydrogen (secondary N) is 1. The van der Waals surface area contributed by atoms with E-state index in [-0.39, 0.29) is 5.91 Å². The Morgan fingerprint density at radius 3 is 2.70 bits per heavy atom. The molecule has 3 rings (SSSR count). The van der Waals surface area contributed by atoms with Crippen molar-refractivity contribution < 1.29 is 4.79 Å². The lowest BCUT2D eigenvalue weighted by Crippen LogP contribution is -2.11. The number of nitrogens with zero attached hydrogens (tertiary/aromatic N) is 1. The highest BCUT2D eigenvalue weighted by atomic mass is 127. The molecule has 3 aromatic rings. The van der Waals surface area contributed by atoms with Gasteiger partial charge in [-0.25, -0.2) is 4.98 Å². The second kappa shape index (κ2) is 5.49. The zero-order valence-electron chi connectivity index (χ0n) is 10.7. The van der Waals surface area contributed by atoms with Gasteiger partial charge in [-0.3, -0.25) is 10.1 Å². The Balaban J connectivity index is 1.85. The van der Waals surface area contributed by atoms with Crippen molar-refractivity contribution >= 4 is 55.2 Å². The molecule has 5 heteroatoms. The van der Waals surface area contributed by atoms with Gasteiger partial charge in [-0.1, -0.05) is 17.4 Å². The van der Waals surface area contributed by atoms with Gasteiger partial charge >= 0.3 is 0 Å². The molecule has 0 atom stereocenters. The summed E-state index contributed by atoms with van der Waals surface area (Å²) in [5.41, 5.74) is 2.75. The van der Waals surface area contributed by atoms with E-state index in [1.54, 1.807) is 0 Å². The molecule has 100 valence electrons. The van der Waals surface area contributed by atoms with Crippen LogP contribution in [-0.4, -0.2) is 10.9 Å². The summed E-state index contributed by atoms with van der Waals surface area (Å²) in [7, 11) is 0. The summed E-state index contributed by atoms with van der Waals surface area (Å²) in [6.07, 6.45) is 0. The Hall–Kier alpha value is -1.47. The third-order valence-electron chi connectivity index (χ3n) is 2.87. The second-order valence-electron chi connectivity index (χ2n) is 4.45. The molecule has 0 bridgehead atoms. The first kappa shape index (κ1) is 13.5. The Morgan fingerprint density at radius 1 is 1.20 bits per heavy atom. The van der Waals surface area contributed by atoms with Crippen LogP contribution in [0.4, 0.5) is 5.13 Å². The summed E-state index contributed by atoms with van der Waals surface area (Å²) in [4.78, 5) is 16.5. The molecule has 3 nitrogen and oxygen atoms in total. The van der Waals surface area contributed by atoms with Crippen molar-refractivity contribution in [2.45, 2.75) is 6.92 Å². The molecule has 1 heterocycles. The molecule has 0 aliphatic heterocycles. The van der Waals surface area contributed by atoms with Crippen molar-refractivity contribution in [1.82, 2.24) is 4.98 Å². The van der Waals surface area contributed by atoms with Crippen molar-refractivity contribution in [3.8, 4) is 0 Å². The zero-order chi connectivity index (χ0) is 14.1. The van der Waals surface area contributed by atoms with Gasteiger partial charge in [0.05, 0.1) is 10.2 Å². The van der Waals surface area contributed by atoms with E-state index < -0.39 is 0 Å². The average molecular weight is 394 g/mol. The van der Waals surface area contributed by atoms with E-state index in [1.807, 2.05) is 43.3 Å². The normalized spacial score (nSPS) is 10.7. The van der Waals surface area contributed by atoms with E-state index in [9.17, 15) is 4.79 Å². The van der Waals surface area contributed by atoms with E-state index >= 15 is 0 Å². The van der Waals surface area contributed by atoms with E-state index in [0.717, 1.165) is 13.8 Å². The van der Waals surface area contributed by atoms with Gasteiger partial charge in [-0.15, -0.1) is 0 Å². The number of aromatic nitrogens is 1. The topological polar surface area (TPSA) is 42.0 Å².